The molecule has 3 N–H and O–H groups in total. The molecule has 0 aliphatic heterocycles. The maximum absolute atomic E-state index is 9.52. The number of anilines is 1. The molecule has 0 saturated carbocycles. The van der Waals surface area contributed by atoms with Crippen LogP contribution in [0.5, 0.6) is 5.75 Å². The normalized spacial score (nSPS) is 11.1. The highest BCUT2D eigenvalue weighted by molar-refractivity contribution is 5.63. The van der Waals surface area contributed by atoms with Gasteiger partial charge in [0.25, 0.3) is 5.89 Å². The SMILES string of the molecule is CN(C)CCc1noc(-c2ccc(N)c(O)c2)n1. The molecule has 1 aromatic carbocycles. The lowest BCUT2D eigenvalue weighted by atomic mass is 10.2. The summed E-state index contributed by atoms with van der Waals surface area (Å²) >= 11 is 0. The number of nitrogen functional groups attached to an aromatic ring is 1. The quantitative estimate of drug-likeness (QED) is 0.623. The molecular weight excluding hydrogens is 232 g/mol. The second-order valence-corrected chi connectivity index (χ2v) is 4.34. The third kappa shape index (κ3) is 2.78. The summed E-state index contributed by atoms with van der Waals surface area (Å²) in [7, 11) is 3.97. The van der Waals surface area contributed by atoms with Crippen LogP contribution in [0.1, 0.15) is 5.82 Å². The number of hydrogen-bond acceptors (Lipinski definition) is 6. The molecule has 0 amide bonds. The Balaban J connectivity index is 2.16. The van der Waals surface area contributed by atoms with Gasteiger partial charge in [-0.1, -0.05) is 5.16 Å². The highest BCUT2D eigenvalue weighted by Crippen LogP contribution is 2.26. The molecule has 2 aromatic rings. The summed E-state index contributed by atoms with van der Waals surface area (Å²) in [4.78, 5) is 6.31. The van der Waals surface area contributed by atoms with E-state index in [1.807, 2.05) is 19.0 Å². The Kier molecular flexibility index (Phi) is 3.47. The third-order valence-corrected chi connectivity index (χ3v) is 2.53. The number of aromatic hydroxyl groups is 1. The van der Waals surface area contributed by atoms with E-state index in [-0.39, 0.29) is 5.75 Å². The van der Waals surface area contributed by atoms with E-state index in [1.165, 1.54) is 6.07 Å². The largest absolute Gasteiger partial charge is 0.506 e. The Morgan fingerprint density at radius 2 is 2.17 bits per heavy atom. The van der Waals surface area contributed by atoms with Crippen LogP contribution in [0, 0.1) is 0 Å². The average molecular weight is 248 g/mol. The van der Waals surface area contributed by atoms with Gasteiger partial charge in [-0.25, -0.2) is 0 Å². The van der Waals surface area contributed by atoms with Crippen LogP contribution >= 0.6 is 0 Å². The summed E-state index contributed by atoms with van der Waals surface area (Å²) in [6.45, 7) is 0.853. The average Bonchev–Trinajstić information content (AvgIpc) is 2.79. The molecule has 96 valence electrons. The molecule has 0 bridgehead atoms. The minimum absolute atomic E-state index is 0.0144. The summed E-state index contributed by atoms with van der Waals surface area (Å²) in [5, 5.41) is 13.4. The predicted octanol–water partition coefficient (Wildman–Crippen LogP) is 1.13. The fourth-order valence-electron chi connectivity index (χ4n) is 1.47. The van der Waals surface area contributed by atoms with Crippen molar-refractivity contribution in [3.63, 3.8) is 0 Å². The van der Waals surface area contributed by atoms with Gasteiger partial charge in [0.05, 0.1) is 5.69 Å². The van der Waals surface area contributed by atoms with Crippen molar-refractivity contribution >= 4 is 5.69 Å². The molecule has 2 rings (SSSR count). The highest BCUT2D eigenvalue weighted by Gasteiger charge is 2.10. The zero-order valence-corrected chi connectivity index (χ0v) is 10.4. The molecule has 0 aliphatic rings. The molecule has 0 unspecified atom stereocenters. The Morgan fingerprint density at radius 1 is 1.39 bits per heavy atom. The van der Waals surface area contributed by atoms with E-state index in [9.17, 15) is 5.11 Å². The van der Waals surface area contributed by atoms with Crippen LogP contribution in [0.3, 0.4) is 0 Å². The van der Waals surface area contributed by atoms with E-state index < -0.39 is 0 Å². The summed E-state index contributed by atoms with van der Waals surface area (Å²) in [6, 6.07) is 4.85. The summed E-state index contributed by atoms with van der Waals surface area (Å²) in [5.74, 6) is 1.05. The fraction of sp³-hybridized carbons (Fsp3) is 0.333. The molecule has 0 atom stereocenters. The molecular formula is C12H16N4O2. The van der Waals surface area contributed by atoms with Crippen molar-refractivity contribution in [1.29, 1.82) is 0 Å². The van der Waals surface area contributed by atoms with Gasteiger partial charge in [-0.2, -0.15) is 4.98 Å². The maximum atomic E-state index is 9.52. The van der Waals surface area contributed by atoms with Crippen molar-refractivity contribution < 1.29 is 9.63 Å². The van der Waals surface area contributed by atoms with Gasteiger partial charge < -0.3 is 20.3 Å². The van der Waals surface area contributed by atoms with Crippen molar-refractivity contribution in [3.8, 4) is 17.2 Å². The summed E-state index contributed by atoms with van der Waals surface area (Å²) in [5.41, 5.74) is 6.51. The minimum Gasteiger partial charge on any atom is -0.506 e. The molecule has 18 heavy (non-hydrogen) atoms. The molecule has 6 heteroatoms. The molecule has 1 aromatic heterocycles. The number of nitrogens with zero attached hydrogens (tertiary/aromatic N) is 3. The van der Waals surface area contributed by atoms with Gasteiger partial charge in [-0.15, -0.1) is 0 Å². The Labute approximate surface area is 105 Å². The fourth-order valence-corrected chi connectivity index (χ4v) is 1.47. The van der Waals surface area contributed by atoms with Gasteiger partial charge >= 0.3 is 0 Å². The van der Waals surface area contributed by atoms with Crippen molar-refractivity contribution in [2.45, 2.75) is 6.42 Å². The van der Waals surface area contributed by atoms with E-state index in [2.05, 4.69) is 10.1 Å². The second kappa shape index (κ2) is 5.05. The number of phenolic OH excluding ortho intramolecular Hbond substituents is 1. The lowest BCUT2D eigenvalue weighted by molar-refractivity contribution is 0.392. The van der Waals surface area contributed by atoms with Gasteiger partial charge in [0.2, 0.25) is 0 Å². The first-order chi connectivity index (χ1) is 8.56. The van der Waals surface area contributed by atoms with Gasteiger partial charge in [-0.3, -0.25) is 0 Å². The first kappa shape index (κ1) is 12.4. The zero-order chi connectivity index (χ0) is 13.1. The van der Waals surface area contributed by atoms with Crippen LogP contribution in [0.25, 0.3) is 11.5 Å². The Hall–Kier alpha value is -2.08. The third-order valence-electron chi connectivity index (χ3n) is 2.53. The minimum atomic E-state index is 0.0144. The lowest BCUT2D eigenvalue weighted by Gasteiger charge is -2.05. The van der Waals surface area contributed by atoms with Gasteiger partial charge in [0.1, 0.15) is 5.75 Å². The standard InChI is InChI=1S/C12H16N4O2/c1-16(2)6-5-11-14-12(18-15-11)8-3-4-9(13)10(17)7-8/h3-4,7,17H,5-6,13H2,1-2H3. The van der Waals surface area contributed by atoms with Crippen molar-refractivity contribution in [2.24, 2.45) is 0 Å². The summed E-state index contributed by atoms with van der Waals surface area (Å²) < 4.78 is 5.15. The van der Waals surface area contributed by atoms with Crippen molar-refractivity contribution in [1.82, 2.24) is 15.0 Å². The molecule has 0 radical (unpaired) electrons. The first-order valence-electron chi connectivity index (χ1n) is 5.62. The van der Waals surface area contributed by atoms with E-state index in [4.69, 9.17) is 10.3 Å². The van der Waals surface area contributed by atoms with Crippen molar-refractivity contribution in [3.05, 3.63) is 24.0 Å². The van der Waals surface area contributed by atoms with Crippen LogP contribution in [-0.4, -0.2) is 40.8 Å². The molecule has 1 heterocycles. The smallest absolute Gasteiger partial charge is 0.258 e. The number of aromatic nitrogens is 2. The lowest BCUT2D eigenvalue weighted by Crippen LogP contribution is -2.15. The van der Waals surface area contributed by atoms with E-state index in [0.717, 1.165) is 13.0 Å². The molecule has 0 spiro atoms. The van der Waals surface area contributed by atoms with Crippen LogP contribution in [0.4, 0.5) is 5.69 Å². The maximum Gasteiger partial charge on any atom is 0.258 e. The summed E-state index contributed by atoms with van der Waals surface area (Å²) in [6.07, 6.45) is 0.720. The van der Waals surface area contributed by atoms with E-state index in [0.29, 0.717) is 23.0 Å². The topological polar surface area (TPSA) is 88.4 Å². The first-order valence-corrected chi connectivity index (χ1v) is 5.62. The van der Waals surface area contributed by atoms with E-state index in [1.54, 1.807) is 12.1 Å². The number of likely N-dealkylation sites (N-methyl/N-ethyl adjacent to an activating group) is 1. The number of nitrogens with two attached hydrogens (primary N) is 1. The van der Waals surface area contributed by atoms with Gasteiger partial charge in [-0.05, 0) is 32.3 Å². The van der Waals surface area contributed by atoms with Crippen LogP contribution in [0.2, 0.25) is 0 Å². The number of rotatable bonds is 4. The Morgan fingerprint density at radius 3 is 2.83 bits per heavy atom. The van der Waals surface area contributed by atoms with E-state index >= 15 is 0 Å². The zero-order valence-electron chi connectivity index (χ0n) is 10.4. The van der Waals surface area contributed by atoms with Crippen LogP contribution in [0.15, 0.2) is 22.7 Å². The second-order valence-electron chi connectivity index (χ2n) is 4.34. The molecule has 0 fully saturated rings. The predicted molar refractivity (Wildman–Crippen MR) is 68.1 cm³/mol. The van der Waals surface area contributed by atoms with Gasteiger partial charge in [0, 0.05) is 18.5 Å². The number of phenols is 1. The van der Waals surface area contributed by atoms with Crippen LogP contribution in [-0.2, 0) is 6.42 Å². The molecule has 0 saturated heterocycles. The van der Waals surface area contributed by atoms with Crippen molar-refractivity contribution in [2.75, 3.05) is 26.4 Å². The van der Waals surface area contributed by atoms with Crippen LogP contribution < -0.4 is 5.73 Å². The Bertz CT molecular complexity index is 537. The molecule has 0 aliphatic carbocycles. The highest BCUT2D eigenvalue weighted by atomic mass is 16.5. The number of benzene rings is 1. The monoisotopic (exact) mass is 248 g/mol. The molecule has 6 nitrogen and oxygen atoms in total. The number of hydrogen-bond donors (Lipinski definition) is 2. The van der Waals surface area contributed by atoms with Gasteiger partial charge in [0.15, 0.2) is 5.82 Å².